The van der Waals surface area contributed by atoms with Crippen LogP contribution in [0.5, 0.6) is 5.75 Å². The van der Waals surface area contributed by atoms with Crippen molar-refractivity contribution in [1.29, 1.82) is 0 Å². The Balaban J connectivity index is 2.27. The highest BCUT2D eigenvalue weighted by molar-refractivity contribution is 7.99. The van der Waals surface area contributed by atoms with Crippen molar-refractivity contribution in [2.24, 2.45) is 0 Å². The van der Waals surface area contributed by atoms with Gasteiger partial charge in [-0.25, -0.2) is 4.79 Å². The molecule has 0 saturated carbocycles. The molecule has 1 heterocycles. The molecule has 0 saturated heterocycles. The van der Waals surface area contributed by atoms with E-state index in [1.165, 1.54) is 23.5 Å². The summed E-state index contributed by atoms with van der Waals surface area (Å²) in [7, 11) is -1.16. The third-order valence-corrected chi connectivity index (χ3v) is 5.67. The molecule has 24 heavy (non-hydrogen) atoms. The molecule has 1 aromatic carbocycles. The molecule has 0 aliphatic carbocycles. The molecule has 0 radical (unpaired) electrons. The number of carboxylic acids is 1. The minimum atomic E-state index is -1.16. The highest BCUT2D eigenvalue weighted by atomic mass is 32.2. The zero-order chi connectivity index (χ0) is 17.7. The summed E-state index contributed by atoms with van der Waals surface area (Å²) in [6.07, 6.45) is 3.46. The molecule has 0 bridgehead atoms. The van der Waals surface area contributed by atoms with Gasteiger partial charge in [0.15, 0.2) is 0 Å². The Hall–Kier alpha value is -1.12. The molecule has 1 atom stereocenters. The molecule has 0 spiro atoms. The van der Waals surface area contributed by atoms with Gasteiger partial charge in [-0.15, -0.1) is 11.8 Å². The van der Waals surface area contributed by atoms with Crippen LogP contribution >= 0.6 is 23.5 Å². The van der Waals surface area contributed by atoms with Gasteiger partial charge in [0.2, 0.25) is 0 Å². The highest BCUT2D eigenvalue weighted by Gasteiger charge is 2.38. The van der Waals surface area contributed by atoms with Crippen molar-refractivity contribution in [3.05, 3.63) is 23.3 Å². The number of Topliss-reactive ketones (excluding diaryl/α,β-unsaturated/α-hetero) is 1. The number of carbonyl (C=O) groups excluding carboxylic acids is 1. The van der Waals surface area contributed by atoms with Gasteiger partial charge >= 0.3 is 13.1 Å². The lowest BCUT2D eigenvalue weighted by Crippen LogP contribution is -2.36. The summed E-state index contributed by atoms with van der Waals surface area (Å²) in [6.45, 7) is 2.03. The fraction of sp³-hybridized carbons (Fsp3) is 0.500. The Kier molecular flexibility index (Phi) is 7.07. The van der Waals surface area contributed by atoms with Crippen LogP contribution in [-0.2, 0) is 11.2 Å². The summed E-state index contributed by atoms with van der Waals surface area (Å²) in [5, 5.41) is 19.8. The van der Waals surface area contributed by atoms with Crippen LogP contribution in [0.1, 0.15) is 35.7 Å². The Bertz CT molecular complexity index is 623. The lowest BCUT2D eigenvalue weighted by molar-refractivity contribution is -0.116. The summed E-state index contributed by atoms with van der Waals surface area (Å²) in [5.74, 6) is 0.121. The molecule has 2 N–H and O–H groups in total. The number of rotatable bonds is 8. The lowest BCUT2D eigenvalue weighted by atomic mass is 9.64. The Morgan fingerprint density at radius 1 is 1.42 bits per heavy atom. The minimum Gasteiger partial charge on any atom is -0.535 e. The zero-order valence-corrected chi connectivity index (χ0v) is 15.4. The largest absolute Gasteiger partial charge is 0.535 e. The Morgan fingerprint density at radius 3 is 2.79 bits per heavy atom. The molecular formula is C16H21BO5S2. The third-order valence-electron chi connectivity index (χ3n) is 3.80. The number of thioether (sulfide) groups is 2. The normalized spacial score (nSPS) is 16.5. The average Bonchev–Trinajstić information content (AvgIpc) is 2.53. The van der Waals surface area contributed by atoms with E-state index < -0.39 is 13.1 Å². The van der Waals surface area contributed by atoms with Crippen molar-refractivity contribution in [3.8, 4) is 5.75 Å². The number of benzene rings is 1. The molecule has 0 amide bonds. The summed E-state index contributed by atoms with van der Waals surface area (Å²) in [5.41, 5.74) is 0.847. The molecular weight excluding hydrogens is 347 g/mol. The van der Waals surface area contributed by atoms with E-state index in [9.17, 15) is 19.7 Å². The van der Waals surface area contributed by atoms with Gasteiger partial charge in [0.1, 0.15) is 17.1 Å². The smallest absolute Gasteiger partial charge is 0.526 e. The van der Waals surface area contributed by atoms with Gasteiger partial charge in [0, 0.05) is 17.1 Å². The van der Waals surface area contributed by atoms with E-state index in [0.29, 0.717) is 17.1 Å². The van der Waals surface area contributed by atoms with E-state index in [0.717, 1.165) is 17.7 Å². The first kappa shape index (κ1) is 19.2. The predicted molar refractivity (Wildman–Crippen MR) is 98.5 cm³/mol. The van der Waals surface area contributed by atoms with Crippen LogP contribution in [0, 0.1) is 0 Å². The first-order valence-electron chi connectivity index (χ1n) is 7.85. The van der Waals surface area contributed by atoms with Crippen molar-refractivity contribution in [2.75, 3.05) is 17.8 Å². The highest BCUT2D eigenvalue weighted by Crippen LogP contribution is 2.40. The quantitative estimate of drug-likeness (QED) is 0.539. The standard InChI is InChI=1S/C16H21BO5S2/c1-3-6-24-13-5-4-10-7-11(8-12(18)9-23-2)17(21)22-15(10)14(13)16(19)20/h4-5,11,21H,3,6-9H2,1-2H3,(H,19,20)/t11-/m1/s1. The molecule has 1 aliphatic heterocycles. The number of hydrogen-bond acceptors (Lipinski definition) is 6. The van der Waals surface area contributed by atoms with Crippen LogP contribution in [0.2, 0.25) is 5.82 Å². The zero-order valence-electron chi connectivity index (χ0n) is 13.8. The summed E-state index contributed by atoms with van der Waals surface area (Å²) >= 11 is 2.92. The van der Waals surface area contributed by atoms with Crippen molar-refractivity contribution < 1.29 is 24.4 Å². The molecule has 8 heteroatoms. The van der Waals surface area contributed by atoms with Crippen molar-refractivity contribution >= 4 is 42.4 Å². The van der Waals surface area contributed by atoms with Crippen LogP contribution in [0.15, 0.2) is 17.0 Å². The maximum atomic E-state index is 11.8. The van der Waals surface area contributed by atoms with Gasteiger partial charge in [-0.1, -0.05) is 13.0 Å². The third kappa shape index (κ3) is 4.49. The van der Waals surface area contributed by atoms with Gasteiger partial charge in [0.25, 0.3) is 0 Å². The van der Waals surface area contributed by atoms with Gasteiger partial charge in [-0.05, 0) is 36.5 Å². The van der Waals surface area contributed by atoms with Gasteiger partial charge in [-0.3, -0.25) is 4.79 Å². The van der Waals surface area contributed by atoms with Gasteiger partial charge < -0.3 is 14.8 Å². The minimum absolute atomic E-state index is 0.0622. The number of aromatic carboxylic acids is 1. The van der Waals surface area contributed by atoms with E-state index in [4.69, 9.17) is 4.65 Å². The number of carbonyl (C=O) groups is 2. The van der Waals surface area contributed by atoms with Crippen LogP contribution in [-0.4, -0.2) is 46.8 Å². The monoisotopic (exact) mass is 368 g/mol. The molecule has 1 aromatic rings. The first-order chi connectivity index (χ1) is 11.5. The molecule has 130 valence electrons. The summed E-state index contributed by atoms with van der Waals surface area (Å²) in [4.78, 5) is 24.2. The molecule has 1 aliphatic rings. The maximum absolute atomic E-state index is 11.8. The molecule has 5 nitrogen and oxygen atoms in total. The van der Waals surface area contributed by atoms with E-state index in [1.54, 1.807) is 6.07 Å². The lowest BCUT2D eigenvalue weighted by Gasteiger charge is -2.28. The van der Waals surface area contributed by atoms with Crippen LogP contribution in [0.4, 0.5) is 0 Å². The summed E-state index contributed by atoms with van der Waals surface area (Å²) < 4.78 is 5.54. The number of ketones is 1. The van der Waals surface area contributed by atoms with Gasteiger partial charge in [-0.2, -0.15) is 11.8 Å². The Labute approximate surface area is 150 Å². The average molecular weight is 368 g/mol. The number of carboxylic acid groups (broad SMARTS) is 1. The van der Waals surface area contributed by atoms with Crippen LogP contribution in [0.25, 0.3) is 0 Å². The predicted octanol–water partition coefficient (Wildman–Crippen LogP) is 2.99. The topological polar surface area (TPSA) is 83.8 Å². The second-order valence-corrected chi connectivity index (χ2v) is 7.73. The fourth-order valence-electron chi connectivity index (χ4n) is 2.72. The van der Waals surface area contributed by atoms with Gasteiger partial charge in [0.05, 0.1) is 5.75 Å². The van der Waals surface area contributed by atoms with E-state index in [1.807, 2.05) is 19.2 Å². The molecule has 0 aromatic heterocycles. The van der Waals surface area contributed by atoms with Crippen molar-refractivity contribution in [3.63, 3.8) is 0 Å². The molecule has 0 unspecified atom stereocenters. The number of hydrogen-bond donors (Lipinski definition) is 2. The summed E-state index contributed by atoms with van der Waals surface area (Å²) in [6, 6.07) is 3.64. The molecule has 0 fully saturated rings. The van der Waals surface area contributed by atoms with Crippen LogP contribution in [0.3, 0.4) is 0 Å². The van der Waals surface area contributed by atoms with Crippen LogP contribution < -0.4 is 4.65 Å². The van der Waals surface area contributed by atoms with E-state index in [2.05, 4.69) is 0 Å². The second-order valence-electron chi connectivity index (χ2n) is 5.73. The van der Waals surface area contributed by atoms with E-state index in [-0.39, 0.29) is 29.3 Å². The first-order valence-corrected chi connectivity index (χ1v) is 10.2. The second kappa shape index (κ2) is 8.83. The SMILES string of the molecule is CCCSc1ccc2c(c1C(=O)O)OB(O)[C@@H](CC(=O)CSC)C2. The van der Waals surface area contributed by atoms with Crippen molar-refractivity contribution in [2.45, 2.75) is 36.9 Å². The van der Waals surface area contributed by atoms with Crippen molar-refractivity contribution in [1.82, 2.24) is 0 Å². The number of fused-ring (bicyclic) bond motifs is 1. The fourth-order valence-corrected chi connectivity index (χ4v) is 4.08. The molecule has 2 rings (SSSR count). The Morgan fingerprint density at radius 2 is 2.17 bits per heavy atom. The maximum Gasteiger partial charge on any atom is 0.526 e. The van der Waals surface area contributed by atoms with E-state index >= 15 is 0 Å².